The Balaban J connectivity index is 2.09. The van der Waals surface area contributed by atoms with Crippen LogP contribution < -0.4 is 5.32 Å². The quantitative estimate of drug-likeness (QED) is 0.859. The van der Waals surface area contributed by atoms with Crippen LogP contribution in [0, 0.1) is 13.8 Å². The molecular formula is C17H22N2O2S. The lowest BCUT2D eigenvalue weighted by Crippen LogP contribution is -2.32. The second kappa shape index (κ2) is 7.51. The van der Waals surface area contributed by atoms with Crippen LogP contribution in [0.5, 0.6) is 0 Å². The van der Waals surface area contributed by atoms with E-state index in [1.165, 1.54) is 16.9 Å². The van der Waals surface area contributed by atoms with Gasteiger partial charge in [-0.25, -0.2) is 4.98 Å². The summed E-state index contributed by atoms with van der Waals surface area (Å²) in [6, 6.07) is 6.26. The Hall–Kier alpha value is -1.72. The van der Waals surface area contributed by atoms with E-state index in [9.17, 15) is 4.79 Å². The molecule has 2 rings (SSSR count). The normalized spacial score (nSPS) is 12.2. The summed E-state index contributed by atoms with van der Waals surface area (Å²) in [5, 5.41) is 14.4. The SMILES string of the molecule is Cc1ccc(-c2nc(C(=O)NC(C)CCCO)cs2)c(C)c1. The van der Waals surface area contributed by atoms with Crippen molar-refractivity contribution in [1.82, 2.24) is 10.3 Å². The van der Waals surface area contributed by atoms with Crippen LogP contribution in [-0.2, 0) is 0 Å². The number of aromatic nitrogens is 1. The first-order chi connectivity index (χ1) is 10.5. The Morgan fingerprint density at radius 3 is 2.86 bits per heavy atom. The number of aliphatic hydroxyl groups excluding tert-OH is 1. The van der Waals surface area contributed by atoms with Crippen LogP contribution in [0.25, 0.3) is 10.6 Å². The lowest BCUT2D eigenvalue weighted by molar-refractivity contribution is 0.0932. The maximum Gasteiger partial charge on any atom is 0.270 e. The third kappa shape index (κ3) is 4.15. The van der Waals surface area contributed by atoms with Crippen LogP contribution in [0.4, 0.5) is 0 Å². The molecule has 0 aliphatic heterocycles. The zero-order chi connectivity index (χ0) is 16.1. The van der Waals surface area contributed by atoms with Gasteiger partial charge in [0.15, 0.2) is 0 Å². The first-order valence-electron chi connectivity index (χ1n) is 7.46. The molecule has 2 N–H and O–H groups in total. The number of aliphatic hydroxyl groups is 1. The van der Waals surface area contributed by atoms with Gasteiger partial charge in [-0.05, 0) is 39.2 Å². The van der Waals surface area contributed by atoms with Gasteiger partial charge in [0.25, 0.3) is 5.91 Å². The third-order valence-electron chi connectivity index (χ3n) is 3.52. The molecule has 22 heavy (non-hydrogen) atoms. The van der Waals surface area contributed by atoms with E-state index in [2.05, 4.69) is 42.3 Å². The molecule has 1 aromatic heterocycles. The molecule has 2 aromatic rings. The molecule has 1 heterocycles. The average molecular weight is 318 g/mol. The van der Waals surface area contributed by atoms with Crippen molar-refractivity contribution in [2.75, 3.05) is 6.61 Å². The van der Waals surface area contributed by atoms with E-state index in [1.807, 2.05) is 6.92 Å². The molecule has 0 bridgehead atoms. The summed E-state index contributed by atoms with van der Waals surface area (Å²) in [4.78, 5) is 16.6. The fraction of sp³-hybridized carbons (Fsp3) is 0.412. The molecule has 0 aliphatic carbocycles. The Kier molecular flexibility index (Phi) is 5.69. The largest absolute Gasteiger partial charge is 0.396 e. The molecule has 0 saturated carbocycles. The number of amides is 1. The first-order valence-corrected chi connectivity index (χ1v) is 8.34. The number of aryl methyl sites for hydroxylation is 2. The van der Waals surface area contributed by atoms with Crippen molar-refractivity contribution in [2.45, 2.75) is 39.7 Å². The predicted octanol–water partition coefficient (Wildman–Crippen LogP) is 3.32. The molecular weight excluding hydrogens is 296 g/mol. The van der Waals surface area contributed by atoms with Gasteiger partial charge in [0.1, 0.15) is 10.7 Å². The molecule has 0 fully saturated rings. The fourth-order valence-corrected chi connectivity index (χ4v) is 3.21. The summed E-state index contributed by atoms with van der Waals surface area (Å²) in [5.74, 6) is -0.155. The van der Waals surface area contributed by atoms with Gasteiger partial charge in [0, 0.05) is 23.6 Å². The van der Waals surface area contributed by atoms with Gasteiger partial charge in [-0.3, -0.25) is 4.79 Å². The number of carbonyl (C=O) groups excluding carboxylic acids is 1. The van der Waals surface area contributed by atoms with Gasteiger partial charge in [-0.15, -0.1) is 11.3 Å². The summed E-state index contributed by atoms with van der Waals surface area (Å²) in [5.41, 5.74) is 3.91. The fourth-order valence-electron chi connectivity index (χ4n) is 2.32. The summed E-state index contributed by atoms with van der Waals surface area (Å²) in [6.07, 6.45) is 1.45. The Labute approximate surface area is 135 Å². The van der Waals surface area contributed by atoms with Crippen molar-refractivity contribution in [3.63, 3.8) is 0 Å². The summed E-state index contributed by atoms with van der Waals surface area (Å²) >= 11 is 1.48. The van der Waals surface area contributed by atoms with Crippen molar-refractivity contribution >= 4 is 17.2 Å². The number of thiazole rings is 1. The number of carbonyl (C=O) groups is 1. The van der Waals surface area contributed by atoms with E-state index in [0.29, 0.717) is 12.1 Å². The highest BCUT2D eigenvalue weighted by molar-refractivity contribution is 7.13. The lowest BCUT2D eigenvalue weighted by Gasteiger charge is -2.11. The zero-order valence-electron chi connectivity index (χ0n) is 13.2. The summed E-state index contributed by atoms with van der Waals surface area (Å²) < 4.78 is 0. The minimum atomic E-state index is -0.155. The molecule has 0 radical (unpaired) electrons. The number of nitrogens with one attached hydrogen (secondary N) is 1. The van der Waals surface area contributed by atoms with E-state index < -0.39 is 0 Å². The van der Waals surface area contributed by atoms with Gasteiger partial charge >= 0.3 is 0 Å². The number of nitrogens with zero attached hydrogens (tertiary/aromatic N) is 1. The van der Waals surface area contributed by atoms with Crippen LogP contribution in [-0.4, -0.2) is 28.6 Å². The monoisotopic (exact) mass is 318 g/mol. The minimum absolute atomic E-state index is 0.0333. The van der Waals surface area contributed by atoms with Gasteiger partial charge < -0.3 is 10.4 Å². The van der Waals surface area contributed by atoms with Gasteiger partial charge in [-0.2, -0.15) is 0 Å². The van der Waals surface area contributed by atoms with Crippen molar-refractivity contribution in [3.8, 4) is 10.6 Å². The number of rotatable bonds is 6. The number of hydrogen-bond acceptors (Lipinski definition) is 4. The topological polar surface area (TPSA) is 62.2 Å². The smallest absolute Gasteiger partial charge is 0.270 e. The van der Waals surface area contributed by atoms with Crippen molar-refractivity contribution in [3.05, 3.63) is 40.4 Å². The average Bonchev–Trinajstić information content (AvgIpc) is 2.94. The molecule has 1 atom stereocenters. The molecule has 1 aromatic carbocycles. The second-order valence-electron chi connectivity index (χ2n) is 5.60. The predicted molar refractivity (Wildman–Crippen MR) is 90.3 cm³/mol. The molecule has 0 aliphatic rings. The van der Waals surface area contributed by atoms with Crippen molar-refractivity contribution in [2.24, 2.45) is 0 Å². The van der Waals surface area contributed by atoms with E-state index in [0.717, 1.165) is 22.6 Å². The Bertz CT molecular complexity index is 652. The second-order valence-corrected chi connectivity index (χ2v) is 6.45. The highest BCUT2D eigenvalue weighted by Crippen LogP contribution is 2.27. The Morgan fingerprint density at radius 2 is 2.18 bits per heavy atom. The van der Waals surface area contributed by atoms with E-state index >= 15 is 0 Å². The van der Waals surface area contributed by atoms with E-state index in [1.54, 1.807) is 5.38 Å². The van der Waals surface area contributed by atoms with Crippen LogP contribution in [0.15, 0.2) is 23.6 Å². The number of benzene rings is 1. The van der Waals surface area contributed by atoms with E-state index in [4.69, 9.17) is 5.11 Å². The molecule has 4 nitrogen and oxygen atoms in total. The molecule has 1 unspecified atom stereocenters. The van der Waals surface area contributed by atoms with Crippen molar-refractivity contribution < 1.29 is 9.90 Å². The highest BCUT2D eigenvalue weighted by Gasteiger charge is 2.15. The van der Waals surface area contributed by atoms with Crippen molar-refractivity contribution in [1.29, 1.82) is 0 Å². The maximum absolute atomic E-state index is 12.2. The molecule has 1 amide bonds. The van der Waals surface area contributed by atoms with Gasteiger partial charge in [-0.1, -0.05) is 23.8 Å². The minimum Gasteiger partial charge on any atom is -0.396 e. The van der Waals surface area contributed by atoms with Crippen LogP contribution in [0.1, 0.15) is 41.4 Å². The van der Waals surface area contributed by atoms with Gasteiger partial charge in [0.05, 0.1) is 0 Å². The molecule has 118 valence electrons. The Morgan fingerprint density at radius 1 is 1.41 bits per heavy atom. The molecule has 5 heteroatoms. The molecule has 0 spiro atoms. The summed E-state index contributed by atoms with van der Waals surface area (Å²) in [7, 11) is 0. The number of hydrogen-bond donors (Lipinski definition) is 2. The van der Waals surface area contributed by atoms with E-state index in [-0.39, 0.29) is 18.6 Å². The molecule has 0 saturated heterocycles. The third-order valence-corrected chi connectivity index (χ3v) is 4.40. The van der Waals surface area contributed by atoms with Crippen LogP contribution in [0.2, 0.25) is 0 Å². The highest BCUT2D eigenvalue weighted by atomic mass is 32.1. The van der Waals surface area contributed by atoms with Gasteiger partial charge in [0.2, 0.25) is 0 Å². The summed E-state index contributed by atoms with van der Waals surface area (Å²) in [6.45, 7) is 6.20. The van der Waals surface area contributed by atoms with Crippen LogP contribution in [0.3, 0.4) is 0 Å². The first kappa shape index (κ1) is 16.6. The maximum atomic E-state index is 12.2. The zero-order valence-corrected chi connectivity index (χ0v) is 14.0. The lowest BCUT2D eigenvalue weighted by atomic mass is 10.1. The van der Waals surface area contributed by atoms with Crippen LogP contribution >= 0.6 is 11.3 Å². The standard InChI is InChI=1S/C17H22N2O2S/c1-11-6-7-14(12(2)9-11)17-19-15(10-22-17)16(21)18-13(3)5-4-8-20/h6-7,9-10,13,20H,4-5,8H2,1-3H3,(H,18,21).